The Kier molecular flexibility index (Phi) is 6.64. The lowest BCUT2D eigenvalue weighted by atomic mass is 10.1. The van der Waals surface area contributed by atoms with Gasteiger partial charge >= 0.3 is 0 Å². The van der Waals surface area contributed by atoms with Crippen molar-refractivity contribution >= 4 is 38.6 Å². The molecular formula is C23H23ClN6O2S2. The summed E-state index contributed by atoms with van der Waals surface area (Å²) >= 11 is 8.01. The highest BCUT2D eigenvalue weighted by molar-refractivity contribution is 7.88. The Balaban J connectivity index is 1.23. The van der Waals surface area contributed by atoms with Crippen molar-refractivity contribution in [1.82, 2.24) is 24.9 Å². The van der Waals surface area contributed by atoms with Crippen molar-refractivity contribution in [2.75, 3.05) is 18.4 Å². The largest absolute Gasteiger partial charge is 0.382 e. The molecule has 2 aromatic carbocycles. The van der Waals surface area contributed by atoms with E-state index in [1.807, 2.05) is 54.6 Å². The van der Waals surface area contributed by atoms with Crippen LogP contribution in [-0.2, 0) is 15.8 Å². The Hall–Kier alpha value is -2.79. The van der Waals surface area contributed by atoms with Crippen molar-refractivity contribution in [1.29, 1.82) is 0 Å². The highest BCUT2D eigenvalue weighted by Crippen LogP contribution is 2.40. The molecule has 176 valence electrons. The molecule has 0 saturated carbocycles. The number of tetrazole rings is 1. The van der Waals surface area contributed by atoms with Gasteiger partial charge in [0.05, 0.1) is 20.5 Å². The zero-order valence-corrected chi connectivity index (χ0v) is 20.6. The molecule has 2 aromatic heterocycles. The van der Waals surface area contributed by atoms with Crippen molar-refractivity contribution < 1.29 is 8.42 Å². The molecule has 34 heavy (non-hydrogen) atoms. The first-order chi connectivity index (χ1) is 16.5. The SMILES string of the molecule is O=S(=O)(Cc1ccccc1)N1CCC(Nc2cccc(-c3sc(-c4nn[nH]n4)cc3Cl)c2)CC1. The van der Waals surface area contributed by atoms with E-state index in [-0.39, 0.29) is 11.8 Å². The molecule has 1 fully saturated rings. The fourth-order valence-electron chi connectivity index (χ4n) is 4.08. The summed E-state index contributed by atoms with van der Waals surface area (Å²) in [4.78, 5) is 1.78. The van der Waals surface area contributed by atoms with Crippen molar-refractivity contribution in [3.05, 3.63) is 71.2 Å². The van der Waals surface area contributed by atoms with Crippen molar-refractivity contribution in [3.63, 3.8) is 0 Å². The number of halogens is 1. The first-order valence-electron chi connectivity index (χ1n) is 10.9. The Morgan fingerprint density at radius 3 is 2.62 bits per heavy atom. The second-order valence-electron chi connectivity index (χ2n) is 8.16. The third-order valence-electron chi connectivity index (χ3n) is 5.79. The summed E-state index contributed by atoms with van der Waals surface area (Å²) in [5, 5.41) is 18.3. The van der Waals surface area contributed by atoms with Crippen molar-refractivity contribution in [2.45, 2.75) is 24.6 Å². The maximum atomic E-state index is 12.8. The van der Waals surface area contributed by atoms with Gasteiger partial charge < -0.3 is 5.32 Å². The number of rotatable bonds is 7. The number of nitrogens with zero attached hydrogens (tertiary/aromatic N) is 4. The summed E-state index contributed by atoms with van der Waals surface area (Å²) < 4.78 is 27.3. The normalized spacial score (nSPS) is 15.4. The van der Waals surface area contributed by atoms with Gasteiger partial charge in [0.2, 0.25) is 15.8 Å². The predicted molar refractivity (Wildman–Crippen MR) is 135 cm³/mol. The molecule has 0 atom stereocenters. The monoisotopic (exact) mass is 514 g/mol. The lowest BCUT2D eigenvalue weighted by molar-refractivity contribution is 0.329. The van der Waals surface area contributed by atoms with Crippen LogP contribution in [0.4, 0.5) is 5.69 Å². The van der Waals surface area contributed by atoms with Gasteiger partial charge in [0.25, 0.3) is 0 Å². The average molecular weight is 515 g/mol. The van der Waals surface area contributed by atoms with E-state index < -0.39 is 10.0 Å². The van der Waals surface area contributed by atoms with E-state index in [1.54, 1.807) is 4.31 Å². The Bertz CT molecular complexity index is 1350. The van der Waals surface area contributed by atoms with Crippen LogP contribution in [0.25, 0.3) is 21.1 Å². The molecule has 0 unspecified atom stereocenters. The number of nitrogens with one attached hydrogen (secondary N) is 2. The van der Waals surface area contributed by atoms with Gasteiger partial charge in [0, 0.05) is 24.8 Å². The first-order valence-corrected chi connectivity index (χ1v) is 13.7. The third kappa shape index (κ3) is 5.15. The number of H-pyrrole nitrogens is 1. The minimum atomic E-state index is -3.32. The van der Waals surface area contributed by atoms with Crippen LogP contribution in [0.5, 0.6) is 0 Å². The number of piperidine rings is 1. The fourth-order valence-corrected chi connectivity index (χ4v) is 7.02. The van der Waals surface area contributed by atoms with E-state index in [2.05, 4.69) is 32.0 Å². The van der Waals surface area contributed by atoms with Gasteiger partial charge in [-0.05, 0) is 47.4 Å². The highest BCUT2D eigenvalue weighted by atomic mass is 35.5. The first kappa shape index (κ1) is 23.0. The molecular weight excluding hydrogens is 492 g/mol. The fraction of sp³-hybridized carbons (Fsp3) is 0.261. The van der Waals surface area contributed by atoms with Crippen LogP contribution in [0.1, 0.15) is 18.4 Å². The van der Waals surface area contributed by atoms with Crippen LogP contribution >= 0.6 is 22.9 Å². The van der Waals surface area contributed by atoms with E-state index >= 15 is 0 Å². The number of thiophene rings is 1. The second-order valence-corrected chi connectivity index (χ2v) is 11.6. The number of benzene rings is 2. The third-order valence-corrected chi connectivity index (χ3v) is 9.23. The number of anilines is 1. The van der Waals surface area contributed by atoms with Crippen LogP contribution < -0.4 is 5.32 Å². The van der Waals surface area contributed by atoms with Crippen LogP contribution in [0.3, 0.4) is 0 Å². The summed E-state index contributed by atoms with van der Waals surface area (Å²) in [5.41, 5.74) is 2.79. The molecule has 4 aromatic rings. The summed E-state index contributed by atoms with van der Waals surface area (Å²) in [7, 11) is -3.32. The molecule has 0 radical (unpaired) electrons. The molecule has 5 rings (SSSR count). The number of hydrogen-bond acceptors (Lipinski definition) is 7. The van der Waals surface area contributed by atoms with Gasteiger partial charge in [-0.15, -0.1) is 21.5 Å². The lowest BCUT2D eigenvalue weighted by Crippen LogP contribution is -2.42. The predicted octanol–water partition coefficient (Wildman–Crippen LogP) is 4.65. The van der Waals surface area contributed by atoms with Crippen LogP contribution in [0.2, 0.25) is 5.02 Å². The second kappa shape index (κ2) is 9.83. The lowest BCUT2D eigenvalue weighted by Gasteiger charge is -2.32. The molecule has 1 saturated heterocycles. The van der Waals surface area contributed by atoms with Gasteiger partial charge in [-0.2, -0.15) is 5.21 Å². The summed E-state index contributed by atoms with van der Waals surface area (Å²) in [6, 6.07) is 19.5. The zero-order chi connectivity index (χ0) is 23.5. The van der Waals surface area contributed by atoms with Gasteiger partial charge in [0.15, 0.2) is 0 Å². The van der Waals surface area contributed by atoms with Crippen LogP contribution in [-0.4, -0.2) is 52.5 Å². The quantitative estimate of drug-likeness (QED) is 0.372. The number of aromatic amines is 1. The van der Waals surface area contributed by atoms with Crippen LogP contribution in [0.15, 0.2) is 60.7 Å². The number of sulfonamides is 1. The van der Waals surface area contributed by atoms with Gasteiger partial charge in [-0.3, -0.25) is 0 Å². The molecule has 2 N–H and O–H groups in total. The minimum absolute atomic E-state index is 0.0431. The van der Waals surface area contributed by atoms with Gasteiger partial charge in [-0.1, -0.05) is 54.1 Å². The molecule has 0 aliphatic carbocycles. The highest BCUT2D eigenvalue weighted by Gasteiger charge is 2.28. The average Bonchev–Trinajstić information content (AvgIpc) is 3.50. The van der Waals surface area contributed by atoms with Crippen molar-refractivity contribution in [3.8, 4) is 21.1 Å². The summed E-state index contributed by atoms with van der Waals surface area (Å²) in [6.45, 7) is 1.02. The topological polar surface area (TPSA) is 104 Å². The zero-order valence-electron chi connectivity index (χ0n) is 18.2. The summed E-state index contributed by atoms with van der Waals surface area (Å²) in [6.07, 6.45) is 1.50. The van der Waals surface area contributed by atoms with Crippen LogP contribution in [0, 0.1) is 0 Å². The van der Waals surface area contributed by atoms with E-state index in [0.717, 1.165) is 39.4 Å². The smallest absolute Gasteiger partial charge is 0.218 e. The summed E-state index contributed by atoms with van der Waals surface area (Å²) in [5.74, 6) is 0.558. The molecule has 0 spiro atoms. The standard InChI is InChI=1S/C23H23ClN6O2S2/c24-20-14-21(23-26-28-29-27-23)33-22(20)17-7-4-8-19(13-17)25-18-9-11-30(12-10-18)34(31,32)15-16-5-2-1-3-6-16/h1-8,13-14,18,25H,9-12,15H2,(H,26,27,28,29). The molecule has 1 aliphatic rings. The molecule has 3 heterocycles. The molecule has 0 amide bonds. The van der Waals surface area contributed by atoms with E-state index in [9.17, 15) is 8.42 Å². The molecule has 1 aliphatic heterocycles. The van der Waals surface area contributed by atoms with E-state index in [0.29, 0.717) is 23.9 Å². The number of hydrogen-bond donors (Lipinski definition) is 2. The minimum Gasteiger partial charge on any atom is -0.382 e. The maximum Gasteiger partial charge on any atom is 0.218 e. The van der Waals surface area contributed by atoms with Crippen molar-refractivity contribution in [2.24, 2.45) is 0 Å². The Labute approximate surface area is 207 Å². The Morgan fingerprint density at radius 2 is 1.88 bits per heavy atom. The van der Waals surface area contributed by atoms with Gasteiger partial charge in [-0.25, -0.2) is 12.7 Å². The van der Waals surface area contributed by atoms with E-state index in [4.69, 9.17) is 11.6 Å². The molecule has 8 nitrogen and oxygen atoms in total. The molecule has 11 heteroatoms. The van der Waals surface area contributed by atoms with E-state index in [1.165, 1.54) is 11.3 Å². The Morgan fingerprint density at radius 1 is 1.09 bits per heavy atom. The number of aromatic nitrogens is 4. The molecule has 0 bridgehead atoms. The van der Waals surface area contributed by atoms with Gasteiger partial charge in [0.1, 0.15) is 0 Å². The maximum absolute atomic E-state index is 12.8.